The zero-order valence-corrected chi connectivity index (χ0v) is 16.2. The number of non-ortho nitro benzene ring substituents is 1. The number of alkyl halides is 3. The molecule has 0 saturated heterocycles. The molecule has 7 nitrogen and oxygen atoms in total. The molecule has 3 rings (SSSR count). The quantitative estimate of drug-likeness (QED) is 0.530. The highest BCUT2D eigenvalue weighted by Crippen LogP contribution is 2.30. The fraction of sp³-hybridized carbons (Fsp3) is 0.368. The average molecular weight is 444 g/mol. The number of nitrogens with one attached hydrogen (secondary N) is 1. The summed E-state index contributed by atoms with van der Waals surface area (Å²) in [7, 11) is 0. The van der Waals surface area contributed by atoms with Crippen LogP contribution in [0.25, 0.3) is 0 Å². The number of hydrogen-bond donors (Lipinski definition) is 1. The first-order valence-electron chi connectivity index (χ1n) is 9.08. The van der Waals surface area contributed by atoms with Crippen molar-refractivity contribution in [3.05, 3.63) is 62.8 Å². The molecule has 2 aromatic rings. The van der Waals surface area contributed by atoms with Gasteiger partial charge in [-0.05, 0) is 37.8 Å². The number of nitro benzene ring substituents is 1. The summed E-state index contributed by atoms with van der Waals surface area (Å²) in [4.78, 5) is 26.4. The van der Waals surface area contributed by atoms with Crippen molar-refractivity contribution in [1.29, 1.82) is 0 Å². The lowest BCUT2D eigenvalue weighted by Gasteiger charge is -2.29. The van der Waals surface area contributed by atoms with Gasteiger partial charge >= 0.3 is 6.18 Å². The maximum Gasteiger partial charge on any atom is 0.417 e. The third-order valence-electron chi connectivity index (χ3n) is 4.77. The van der Waals surface area contributed by atoms with E-state index in [0.717, 1.165) is 18.3 Å². The van der Waals surface area contributed by atoms with Crippen molar-refractivity contribution in [2.75, 3.05) is 0 Å². The number of halogens is 4. The molecule has 0 aliphatic heterocycles. The number of carbonyl (C=O) groups is 1. The number of ether oxygens (including phenoxy) is 1. The largest absolute Gasteiger partial charge is 0.474 e. The number of aromatic nitrogens is 1. The molecule has 1 aromatic heterocycles. The molecule has 0 bridgehead atoms. The Morgan fingerprint density at radius 1 is 1.20 bits per heavy atom. The molecule has 160 valence electrons. The van der Waals surface area contributed by atoms with Crippen LogP contribution in [0.15, 0.2) is 36.5 Å². The molecule has 11 heteroatoms. The van der Waals surface area contributed by atoms with Crippen LogP contribution in [0.2, 0.25) is 5.02 Å². The van der Waals surface area contributed by atoms with E-state index in [0.29, 0.717) is 25.7 Å². The van der Waals surface area contributed by atoms with Gasteiger partial charge in [0, 0.05) is 30.4 Å². The van der Waals surface area contributed by atoms with E-state index >= 15 is 0 Å². The van der Waals surface area contributed by atoms with Crippen molar-refractivity contribution >= 4 is 23.2 Å². The number of pyridine rings is 1. The molecule has 1 N–H and O–H groups in total. The van der Waals surface area contributed by atoms with Gasteiger partial charge in [-0.2, -0.15) is 13.2 Å². The summed E-state index contributed by atoms with van der Waals surface area (Å²) in [6.45, 7) is 0. The zero-order valence-electron chi connectivity index (χ0n) is 15.5. The van der Waals surface area contributed by atoms with Crippen molar-refractivity contribution < 1.29 is 27.6 Å². The molecule has 0 radical (unpaired) electrons. The van der Waals surface area contributed by atoms with Gasteiger partial charge < -0.3 is 10.1 Å². The first kappa shape index (κ1) is 21.8. The summed E-state index contributed by atoms with van der Waals surface area (Å²) in [6.07, 6.45) is -1.68. The number of amides is 1. The van der Waals surface area contributed by atoms with Gasteiger partial charge in [0.05, 0.1) is 21.1 Å². The summed E-state index contributed by atoms with van der Waals surface area (Å²) < 4.78 is 43.4. The molecular weight excluding hydrogens is 427 g/mol. The number of benzene rings is 1. The summed E-state index contributed by atoms with van der Waals surface area (Å²) in [6, 6.07) is 5.57. The standard InChI is InChI=1S/C19H17ClF3N3O4/c20-16-7-4-13(26(28)29)9-15(16)18(27)25-12-2-5-14(6-3-12)30-17-8-1-11(10-24-17)19(21,22)23/h1,4,7-10,12,14H,2-3,5-6H2,(H,25,27). The van der Waals surface area contributed by atoms with Crippen LogP contribution in [-0.4, -0.2) is 28.0 Å². The van der Waals surface area contributed by atoms with Crippen LogP contribution in [0.5, 0.6) is 5.88 Å². The lowest BCUT2D eigenvalue weighted by molar-refractivity contribution is -0.384. The maximum absolute atomic E-state index is 12.6. The Morgan fingerprint density at radius 3 is 2.47 bits per heavy atom. The van der Waals surface area contributed by atoms with Crippen molar-refractivity contribution in [2.45, 2.75) is 44.0 Å². The van der Waals surface area contributed by atoms with Gasteiger partial charge in [-0.15, -0.1) is 0 Å². The average Bonchev–Trinajstić information content (AvgIpc) is 2.69. The van der Waals surface area contributed by atoms with E-state index < -0.39 is 22.6 Å². The smallest absolute Gasteiger partial charge is 0.417 e. The Hall–Kier alpha value is -2.88. The predicted molar refractivity (Wildman–Crippen MR) is 101 cm³/mol. The molecule has 1 fully saturated rings. The Labute approximate surface area is 174 Å². The van der Waals surface area contributed by atoms with E-state index in [1.807, 2.05) is 0 Å². The third-order valence-corrected chi connectivity index (χ3v) is 5.10. The minimum atomic E-state index is -4.45. The van der Waals surface area contributed by atoms with Crippen molar-refractivity contribution in [1.82, 2.24) is 10.3 Å². The zero-order chi connectivity index (χ0) is 21.9. The molecular formula is C19H17ClF3N3O4. The first-order chi connectivity index (χ1) is 14.1. The van der Waals surface area contributed by atoms with Gasteiger partial charge in [0.25, 0.3) is 11.6 Å². The first-order valence-corrected chi connectivity index (χ1v) is 9.46. The van der Waals surface area contributed by atoms with Crippen LogP contribution < -0.4 is 10.1 Å². The van der Waals surface area contributed by atoms with Crippen molar-refractivity contribution in [2.24, 2.45) is 0 Å². The van der Waals surface area contributed by atoms with Gasteiger partial charge in [-0.3, -0.25) is 14.9 Å². The highest BCUT2D eigenvalue weighted by molar-refractivity contribution is 6.33. The second kappa shape index (κ2) is 8.86. The van der Waals surface area contributed by atoms with Gasteiger partial charge in [-0.1, -0.05) is 11.6 Å². The summed E-state index contributed by atoms with van der Waals surface area (Å²) in [5.74, 6) is -0.392. The van der Waals surface area contributed by atoms with Gasteiger partial charge in [0.15, 0.2) is 0 Å². The van der Waals surface area contributed by atoms with E-state index in [4.69, 9.17) is 16.3 Å². The van der Waals surface area contributed by atoms with Crippen molar-refractivity contribution in [3.63, 3.8) is 0 Å². The normalized spacial score (nSPS) is 19.2. The lowest BCUT2D eigenvalue weighted by atomic mass is 9.92. The second-order valence-electron chi connectivity index (χ2n) is 6.87. The monoisotopic (exact) mass is 443 g/mol. The molecule has 1 aromatic carbocycles. The number of carbonyl (C=O) groups excluding carboxylic acids is 1. The highest BCUT2D eigenvalue weighted by atomic mass is 35.5. The summed E-state index contributed by atoms with van der Waals surface area (Å²) in [5.41, 5.74) is -1.05. The Bertz CT molecular complexity index is 930. The maximum atomic E-state index is 12.6. The Kier molecular flexibility index (Phi) is 6.45. The van der Waals surface area contributed by atoms with Gasteiger partial charge in [-0.25, -0.2) is 4.98 Å². The minimum Gasteiger partial charge on any atom is -0.474 e. The van der Waals surface area contributed by atoms with Crippen LogP contribution >= 0.6 is 11.6 Å². The molecule has 1 heterocycles. The van der Waals surface area contributed by atoms with E-state index in [2.05, 4.69) is 10.3 Å². The third kappa shape index (κ3) is 5.38. The topological polar surface area (TPSA) is 94.4 Å². The second-order valence-corrected chi connectivity index (χ2v) is 7.28. The molecule has 1 saturated carbocycles. The van der Waals surface area contributed by atoms with Crippen LogP contribution in [0.1, 0.15) is 41.6 Å². The fourth-order valence-electron chi connectivity index (χ4n) is 3.18. The number of rotatable bonds is 5. The van der Waals surface area contributed by atoms with E-state index in [9.17, 15) is 28.1 Å². The highest BCUT2D eigenvalue weighted by Gasteiger charge is 2.31. The summed E-state index contributed by atoms with van der Waals surface area (Å²) >= 11 is 5.99. The summed E-state index contributed by atoms with van der Waals surface area (Å²) in [5, 5.41) is 13.8. The number of nitrogens with zero attached hydrogens (tertiary/aromatic N) is 2. The Morgan fingerprint density at radius 2 is 1.90 bits per heavy atom. The number of hydrogen-bond acceptors (Lipinski definition) is 5. The fourth-order valence-corrected chi connectivity index (χ4v) is 3.38. The van der Waals surface area contributed by atoms with Crippen molar-refractivity contribution in [3.8, 4) is 5.88 Å². The van der Waals surface area contributed by atoms with E-state index in [-0.39, 0.29) is 34.3 Å². The van der Waals surface area contributed by atoms with Gasteiger partial charge in [0.1, 0.15) is 6.10 Å². The van der Waals surface area contributed by atoms with Crippen LogP contribution in [0.4, 0.5) is 18.9 Å². The van der Waals surface area contributed by atoms with Gasteiger partial charge in [0.2, 0.25) is 5.88 Å². The molecule has 1 aliphatic rings. The molecule has 0 atom stereocenters. The predicted octanol–water partition coefficient (Wildman–Crippen LogP) is 4.78. The molecule has 1 amide bonds. The number of nitro groups is 1. The SMILES string of the molecule is O=C(NC1CCC(Oc2ccc(C(F)(F)F)cn2)CC1)c1cc([N+](=O)[O-])ccc1Cl. The molecule has 0 unspecified atom stereocenters. The van der Waals surface area contributed by atoms with E-state index in [1.165, 1.54) is 18.2 Å². The molecule has 30 heavy (non-hydrogen) atoms. The minimum absolute atomic E-state index is 0.0261. The van der Waals surface area contributed by atoms with Crippen LogP contribution in [0.3, 0.4) is 0 Å². The molecule has 1 aliphatic carbocycles. The lowest BCUT2D eigenvalue weighted by Crippen LogP contribution is -2.39. The Balaban J connectivity index is 1.53. The molecule has 0 spiro atoms. The van der Waals surface area contributed by atoms with Crippen LogP contribution in [0, 0.1) is 10.1 Å². The van der Waals surface area contributed by atoms with E-state index in [1.54, 1.807) is 0 Å². The van der Waals surface area contributed by atoms with Crippen LogP contribution in [-0.2, 0) is 6.18 Å².